The smallest absolute Gasteiger partial charge is 0.265 e. The molecule has 1 aliphatic heterocycles. The molecule has 1 saturated heterocycles. The third kappa shape index (κ3) is 2.64. The molecule has 0 saturated carbocycles. The molecule has 2 heterocycles. The number of carbonyl (C=O) groups excluding carboxylic acids is 2. The van der Waals surface area contributed by atoms with Crippen LogP contribution in [-0.2, 0) is 16.6 Å². The Morgan fingerprint density at radius 3 is 2.57 bits per heavy atom. The van der Waals surface area contributed by atoms with Crippen molar-refractivity contribution >= 4 is 35.2 Å². The van der Waals surface area contributed by atoms with Crippen LogP contribution < -0.4 is 5.32 Å². The summed E-state index contributed by atoms with van der Waals surface area (Å²) in [6, 6.07) is 0. The molecule has 21 heavy (non-hydrogen) atoms. The summed E-state index contributed by atoms with van der Waals surface area (Å²) in [5.74, 6) is -0.917. The lowest BCUT2D eigenvalue weighted by Crippen LogP contribution is -2.53. The number of nitrogens with zero attached hydrogens (tertiary/aromatic N) is 3. The number of carbonyl (C=O) groups is 2. The topological polar surface area (TPSA) is 67.2 Å². The number of hydrogen-bond donors (Lipinski definition) is 1. The van der Waals surface area contributed by atoms with Gasteiger partial charge >= 0.3 is 0 Å². The highest BCUT2D eigenvalue weighted by molar-refractivity contribution is 7.80. The van der Waals surface area contributed by atoms with E-state index >= 15 is 0 Å². The van der Waals surface area contributed by atoms with Gasteiger partial charge in [0, 0.05) is 24.8 Å². The van der Waals surface area contributed by atoms with Crippen molar-refractivity contribution in [2.24, 2.45) is 7.05 Å². The Balaban J connectivity index is 2.48. The minimum absolute atomic E-state index is 0.0460. The molecule has 0 aromatic carbocycles. The van der Waals surface area contributed by atoms with E-state index in [1.807, 2.05) is 20.9 Å². The molecule has 1 fully saturated rings. The van der Waals surface area contributed by atoms with Crippen molar-refractivity contribution in [1.29, 1.82) is 0 Å². The molecule has 1 aliphatic rings. The molecule has 7 heteroatoms. The molecule has 0 unspecified atom stereocenters. The van der Waals surface area contributed by atoms with E-state index in [0.29, 0.717) is 0 Å². The van der Waals surface area contributed by atoms with E-state index in [1.165, 1.54) is 4.90 Å². The second-order valence-corrected chi connectivity index (χ2v) is 5.12. The number of thiocarbonyl (C=S) groups is 1. The zero-order valence-electron chi connectivity index (χ0n) is 12.1. The van der Waals surface area contributed by atoms with Crippen molar-refractivity contribution in [3.8, 4) is 0 Å². The van der Waals surface area contributed by atoms with E-state index < -0.39 is 11.8 Å². The van der Waals surface area contributed by atoms with Crippen LogP contribution in [0, 0.1) is 13.8 Å². The molecular weight excluding hydrogens is 288 g/mol. The maximum Gasteiger partial charge on any atom is 0.265 e. The van der Waals surface area contributed by atoms with Crippen molar-refractivity contribution in [1.82, 2.24) is 20.0 Å². The first-order chi connectivity index (χ1) is 9.86. The van der Waals surface area contributed by atoms with Gasteiger partial charge in [0.2, 0.25) is 0 Å². The minimum atomic E-state index is -0.493. The molecule has 1 aromatic heterocycles. The molecule has 2 amide bonds. The number of nitrogens with one attached hydrogen (secondary N) is 1. The summed E-state index contributed by atoms with van der Waals surface area (Å²) in [6.45, 7) is 7.54. The molecule has 0 radical (unpaired) electrons. The fourth-order valence-corrected chi connectivity index (χ4v) is 2.38. The van der Waals surface area contributed by atoms with Gasteiger partial charge in [0.25, 0.3) is 11.8 Å². The second kappa shape index (κ2) is 5.61. The number of aromatic nitrogens is 2. The Bertz CT molecular complexity index is 687. The van der Waals surface area contributed by atoms with Crippen LogP contribution in [0.3, 0.4) is 0 Å². The molecule has 2 rings (SSSR count). The summed E-state index contributed by atoms with van der Waals surface area (Å²) in [7, 11) is 1.81. The van der Waals surface area contributed by atoms with Crippen molar-refractivity contribution < 1.29 is 9.59 Å². The predicted molar refractivity (Wildman–Crippen MR) is 83.3 cm³/mol. The van der Waals surface area contributed by atoms with Gasteiger partial charge in [-0.3, -0.25) is 24.5 Å². The van der Waals surface area contributed by atoms with Gasteiger partial charge in [0.1, 0.15) is 5.57 Å². The minimum Gasteiger partial charge on any atom is -0.298 e. The normalized spacial score (nSPS) is 17.4. The maximum atomic E-state index is 12.4. The highest BCUT2D eigenvalue weighted by Gasteiger charge is 2.33. The first kappa shape index (κ1) is 15.1. The first-order valence-corrected chi connectivity index (χ1v) is 6.77. The Morgan fingerprint density at radius 2 is 2.05 bits per heavy atom. The van der Waals surface area contributed by atoms with Crippen LogP contribution >= 0.6 is 12.2 Å². The molecule has 6 nitrogen and oxygen atoms in total. The molecule has 1 N–H and O–H groups in total. The number of rotatable bonds is 3. The third-order valence-corrected chi connectivity index (χ3v) is 3.67. The summed E-state index contributed by atoms with van der Waals surface area (Å²) >= 11 is 5.00. The number of amides is 2. The summed E-state index contributed by atoms with van der Waals surface area (Å²) in [5.41, 5.74) is 2.45. The van der Waals surface area contributed by atoms with Crippen LogP contribution in [0.15, 0.2) is 18.2 Å². The standard InChI is InChI=1S/C14H16N4O2S/c1-5-6-18-13(20)11(12(19)15-14(18)21)7-10-8(2)16-17(4)9(10)3/h5,7H,1,6H2,2-4H3,(H,15,19,21). The molecule has 0 bridgehead atoms. The van der Waals surface area contributed by atoms with Gasteiger partial charge < -0.3 is 0 Å². The highest BCUT2D eigenvalue weighted by Crippen LogP contribution is 2.19. The van der Waals surface area contributed by atoms with Crippen LogP contribution in [0.4, 0.5) is 0 Å². The van der Waals surface area contributed by atoms with Gasteiger partial charge in [-0.1, -0.05) is 6.08 Å². The largest absolute Gasteiger partial charge is 0.298 e. The summed E-state index contributed by atoms with van der Waals surface area (Å²) < 4.78 is 1.71. The summed E-state index contributed by atoms with van der Waals surface area (Å²) in [5, 5.41) is 6.88. The molecular formula is C14H16N4O2S. The Hall–Kier alpha value is -2.28. The van der Waals surface area contributed by atoms with Crippen molar-refractivity contribution in [3.63, 3.8) is 0 Å². The van der Waals surface area contributed by atoms with E-state index in [2.05, 4.69) is 17.0 Å². The Kier molecular flexibility index (Phi) is 4.04. The Morgan fingerprint density at radius 1 is 1.38 bits per heavy atom. The van der Waals surface area contributed by atoms with Crippen LogP contribution in [-0.4, -0.2) is 38.2 Å². The van der Waals surface area contributed by atoms with Crippen LogP contribution in [0.25, 0.3) is 6.08 Å². The molecule has 0 aliphatic carbocycles. The van der Waals surface area contributed by atoms with E-state index in [1.54, 1.807) is 16.8 Å². The lowest BCUT2D eigenvalue weighted by Gasteiger charge is -2.27. The van der Waals surface area contributed by atoms with Crippen molar-refractivity contribution in [2.75, 3.05) is 6.54 Å². The Labute approximate surface area is 128 Å². The summed E-state index contributed by atoms with van der Waals surface area (Å²) in [4.78, 5) is 25.7. The second-order valence-electron chi connectivity index (χ2n) is 4.73. The molecule has 0 atom stereocenters. The number of aryl methyl sites for hydroxylation is 2. The van der Waals surface area contributed by atoms with Crippen molar-refractivity contribution in [2.45, 2.75) is 13.8 Å². The number of hydrogen-bond acceptors (Lipinski definition) is 4. The van der Waals surface area contributed by atoms with E-state index in [-0.39, 0.29) is 17.2 Å². The average molecular weight is 304 g/mol. The van der Waals surface area contributed by atoms with Gasteiger partial charge in [-0.15, -0.1) is 6.58 Å². The fourth-order valence-electron chi connectivity index (χ4n) is 2.13. The zero-order chi connectivity index (χ0) is 15.7. The molecule has 1 aromatic rings. The van der Waals surface area contributed by atoms with Gasteiger partial charge in [-0.05, 0) is 32.1 Å². The van der Waals surface area contributed by atoms with Gasteiger partial charge in [-0.2, -0.15) is 5.10 Å². The van der Waals surface area contributed by atoms with Gasteiger partial charge in [-0.25, -0.2) is 0 Å². The lowest BCUT2D eigenvalue weighted by molar-refractivity contribution is -0.128. The monoisotopic (exact) mass is 304 g/mol. The van der Waals surface area contributed by atoms with E-state index in [9.17, 15) is 9.59 Å². The van der Waals surface area contributed by atoms with Crippen molar-refractivity contribution in [3.05, 3.63) is 35.2 Å². The molecule has 110 valence electrons. The highest BCUT2D eigenvalue weighted by atomic mass is 32.1. The maximum absolute atomic E-state index is 12.4. The van der Waals surface area contributed by atoms with Gasteiger partial charge in [0.15, 0.2) is 5.11 Å². The van der Waals surface area contributed by atoms with Crippen LogP contribution in [0.1, 0.15) is 17.0 Å². The van der Waals surface area contributed by atoms with Crippen LogP contribution in [0.2, 0.25) is 0 Å². The quantitative estimate of drug-likeness (QED) is 0.389. The average Bonchev–Trinajstić information content (AvgIpc) is 2.65. The third-order valence-electron chi connectivity index (χ3n) is 3.35. The zero-order valence-corrected chi connectivity index (χ0v) is 13.0. The van der Waals surface area contributed by atoms with Crippen LogP contribution in [0.5, 0.6) is 0 Å². The lowest BCUT2D eigenvalue weighted by atomic mass is 10.1. The molecule has 0 spiro atoms. The van der Waals surface area contributed by atoms with Gasteiger partial charge in [0.05, 0.1) is 5.69 Å². The summed E-state index contributed by atoms with van der Waals surface area (Å²) in [6.07, 6.45) is 3.12. The van der Waals surface area contributed by atoms with E-state index in [0.717, 1.165) is 17.0 Å². The predicted octanol–water partition coefficient (Wildman–Crippen LogP) is 0.850. The van der Waals surface area contributed by atoms with E-state index in [4.69, 9.17) is 12.2 Å². The SMILES string of the molecule is C=CCN1C(=O)C(=Cc2c(C)nn(C)c2C)C(=O)NC1=S. The first-order valence-electron chi connectivity index (χ1n) is 6.36. The fraction of sp³-hybridized carbons (Fsp3) is 0.286.